The maximum atomic E-state index is 13.4. The highest BCUT2D eigenvalue weighted by Gasteiger charge is 2.39. The number of amides is 3. The summed E-state index contributed by atoms with van der Waals surface area (Å²) in [6.07, 6.45) is 3.22. The SMILES string of the molecule is Cc1cc(C)n(CCN2C(=O)c3cccc(N4CCCC(C(=O)N(C)Cc5ccco5)C4)c3C2=O)n1. The van der Waals surface area contributed by atoms with Gasteiger partial charge in [0.1, 0.15) is 5.76 Å². The third-order valence-electron chi connectivity index (χ3n) is 7.08. The van der Waals surface area contributed by atoms with Crippen LogP contribution in [0.25, 0.3) is 0 Å². The van der Waals surface area contributed by atoms with E-state index in [-0.39, 0.29) is 30.2 Å². The third kappa shape index (κ3) is 4.41. The lowest BCUT2D eigenvalue weighted by Crippen LogP contribution is -2.44. The molecule has 1 fully saturated rings. The molecular weight excluding hydrogens is 458 g/mol. The molecule has 0 aliphatic carbocycles. The van der Waals surface area contributed by atoms with Gasteiger partial charge in [-0.25, -0.2) is 0 Å². The van der Waals surface area contributed by atoms with Crippen LogP contribution in [0.2, 0.25) is 0 Å². The van der Waals surface area contributed by atoms with Crippen LogP contribution in [-0.4, -0.2) is 64.0 Å². The molecule has 9 nitrogen and oxygen atoms in total. The number of imide groups is 1. The van der Waals surface area contributed by atoms with Crippen LogP contribution in [-0.2, 0) is 17.9 Å². The molecule has 1 atom stereocenters. The van der Waals surface area contributed by atoms with Crippen LogP contribution in [0.4, 0.5) is 5.69 Å². The number of carbonyl (C=O) groups excluding carboxylic acids is 3. The smallest absolute Gasteiger partial charge is 0.263 e. The van der Waals surface area contributed by atoms with Crippen molar-refractivity contribution in [3.05, 3.63) is 70.9 Å². The zero-order valence-corrected chi connectivity index (χ0v) is 20.9. The Morgan fingerprint density at radius 3 is 2.69 bits per heavy atom. The van der Waals surface area contributed by atoms with Crippen molar-refractivity contribution in [3.8, 4) is 0 Å². The van der Waals surface area contributed by atoms with Gasteiger partial charge in [0.05, 0.1) is 47.8 Å². The van der Waals surface area contributed by atoms with Crippen molar-refractivity contribution in [1.82, 2.24) is 19.6 Å². The number of hydrogen-bond donors (Lipinski definition) is 0. The van der Waals surface area contributed by atoms with Crippen molar-refractivity contribution in [2.45, 2.75) is 39.8 Å². The van der Waals surface area contributed by atoms with Gasteiger partial charge in [-0.1, -0.05) is 6.07 Å². The van der Waals surface area contributed by atoms with E-state index in [9.17, 15) is 14.4 Å². The number of fused-ring (bicyclic) bond motifs is 1. The van der Waals surface area contributed by atoms with Gasteiger partial charge in [0.2, 0.25) is 5.91 Å². The average Bonchev–Trinajstić information content (AvgIpc) is 3.56. The molecule has 2 aromatic heterocycles. The summed E-state index contributed by atoms with van der Waals surface area (Å²) in [7, 11) is 1.78. The minimum absolute atomic E-state index is 0.0533. The minimum Gasteiger partial charge on any atom is -0.467 e. The molecule has 4 heterocycles. The average molecular weight is 490 g/mol. The fraction of sp³-hybridized carbons (Fsp3) is 0.407. The van der Waals surface area contributed by atoms with Crippen LogP contribution >= 0.6 is 0 Å². The number of carbonyl (C=O) groups is 3. The molecule has 0 spiro atoms. The number of aromatic nitrogens is 2. The van der Waals surface area contributed by atoms with Crippen LogP contribution in [0, 0.1) is 19.8 Å². The lowest BCUT2D eigenvalue weighted by Gasteiger charge is -2.36. The lowest BCUT2D eigenvalue weighted by molar-refractivity contribution is -0.135. The molecule has 1 saturated heterocycles. The highest BCUT2D eigenvalue weighted by Crippen LogP contribution is 2.34. The molecule has 0 bridgehead atoms. The van der Waals surface area contributed by atoms with E-state index < -0.39 is 0 Å². The van der Waals surface area contributed by atoms with Crippen molar-refractivity contribution in [2.24, 2.45) is 5.92 Å². The van der Waals surface area contributed by atoms with Gasteiger partial charge in [0, 0.05) is 32.4 Å². The predicted molar refractivity (Wildman–Crippen MR) is 134 cm³/mol. The molecule has 1 aromatic carbocycles. The van der Waals surface area contributed by atoms with E-state index >= 15 is 0 Å². The molecule has 2 aliphatic rings. The third-order valence-corrected chi connectivity index (χ3v) is 7.08. The summed E-state index contributed by atoms with van der Waals surface area (Å²) in [4.78, 5) is 44.9. The zero-order valence-electron chi connectivity index (χ0n) is 20.9. The van der Waals surface area contributed by atoms with Gasteiger partial charge in [0.15, 0.2) is 0 Å². The van der Waals surface area contributed by atoms with E-state index in [0.717, 1.165) is 42.2 Å². The molecule has 5 rings (SSSR count). The van der Waals surface area contributed by atoms with E-state index in [2.05, 4.69) is 10.00 Å². The minimum atomic E-state index is -0.282. The van der Waals surface area contributed by atoms with Gasteiger partial charge in [-0.05, 0) is 57.0 Å². The summed E-state index contributed by atoms with van der Waals surface area (Å²) >= 11 is 0. The second-order valence-corrected chi connectivity index (χ2v) is 9.67. The van der Waals surface area contributed by atoms with Crippen LogP contribution in [0.5, 0.6) is 0 Å². The highest BCUT2D eigenvalue weighted by molar-refractivity contribution is 6.23. The number of furan rings is 1. The van der Waals surface area contributed by atoms with Crippen molar-refractivity contribution in [2.75, 3.05) is 31.6 Å². The molecule has 0 N–H and O–H groups in total. The number of piperidine rings is 1. The Balaban J connectivity index is 1.31. The van der Waals surface area contributed by atoms with Gasteiger partial charge in [-0.2, -0.15) is 5.10 Å². The van der Waals surface area contributed by atoms with Gasteiger partial charge in [-0.3, -0.25) is 24.0 Å². The van der Waals surface area contributed by atoms with Crippen molar-refractivity contribution < 1.29 is 18.8 Å². The maximum Gasteiger partial charge on any atom is 0.263 e. The first kappa shape index (κ1) is 23.8. The summed E-state index contributed by atoms with van der Waals surface area (Å²) in [5, 5.41) is 4.44. The number of rotatable bonds is 7. The Morgan fingerprint density at radius 2 is 1.97 bits per heavy atom. The summed E-state index contributed by atoms with van der Waals surface area (Å²) < 4.78 is 7.21. The van der Waals surface area contributed by atoms with E-state index in [1.54, 1.807) is 24.3 Å². The van der Waals surface area contributed by atoms with Gasteiger partial charge >= 0.3 is 0 Å². The van der Waals surface area contributed by atoms with Crippen molar-refractivity contribution >= 4 is 23.4 Å². The molecule has 3 amide bonds. The van der Waals surface area contributed by atoms with E-state index in [1.165, 1.54) is 4.90 Å². The first-order valence-electron chi connectivity index (χ1n) is 12.4. The Labute approximate surface area is 210 Å². The standard InChI is InChI=1S/C27H31N5O4/c1-18-15-19(2)32(28-18)13-12-31-26(34)22-9-4-10-23(24(22)27(31)35)30-11-5-7-20(16-30)25(33)29(3)17-21-8-6-14-36-21/h4,6,8-10,14-15,20H,5,7,11-13,16-17H2,1-3H3. The number of aryl methyl sites for hydroxylation is 2. The Morgan fingerprint density at radius 1 is 1.14 bits per heavy atom. The van der Waals surface area contributed by atoms with Gasteiger partial charge in [-0.15, -0.1) is 0 Å². The molecular formula is C27H31N5O4. The molecule has 1 unspecified atom stereocenters. The van der Waals surface area contributed by atoms with Gasteiger partial charge in [0.25, 0.3) is 11.8 Å². The summed E-state index contributed by atoms with van der Waals surface area (Å²) in [6, 6.07) is 11.1. The van der Waals surface area contributed by atoms with Crippen LogP contribution in [0.3, 0.4) is 0 Å². The molecule has 36 heavy (non-hydrogen) atoms. The monoisotopic (exact) mass is 489 g/mol. The number of anilines is 1. The topological polar surface area (TPSA) is 91.9 Å². The summed E-state index contributed by atoms with van der Waals surface area (Å²) in [5.74, 6) is 0.0438. The zero-order chi connectivity index (χ0) is 25.4. The molecule has 9 heteroatoms. The molecule has 188 valence electrons. The maximum absolute atomic E-state index is 13.4. The largest absolute Gasteiger partial charge is 0.467 e. The Hall–Kier alpha value is -3.88. The van der Waals surface area contributed by atoms with Crippen LogP contribution in [0.15, 0.2) is 47.1 Å². The predicted octanol–water partition coefficient (Wildman–Crippen LogP) is 3.26. The number of nitrogens with zero attached hydrogens (tertiary/aromatic N) is 5. The first-order valence-corrected chi connectivity index (χ1v) is 12.4. The van der Waals surface area contributed by atoms with Crippen LogP contribution < -0.4 is 4.90 Å². The second kappa shape index (κ2) is 9.64. The van der Waals surface area contributed by atoms with Crippen molar-refractivity contribution in [3.63, 3.8) is 0 Å². The first-order chi connectivity index (χ1) is 17.3. The Bertz CT molecular complexity index is 1300. The van der Waals surface area contributed by atoms with E-state index in [0.29, 0.717) is 30.8 Å². The molecule has 0 radical (unpaired) electrons. The second-order valence-electron chi connectivity index (χ2n) is 9.67. The normalized spacial score (nSPS) is 17.6. The number of hydrogen-bond acceptors (Lipinski definition) is 6. The Kier molecular flexibility index (Phi) is 6.38. The molecule has 0 saturated carbocycles. The lowest BCUT2D eigenvalue weighted by atomic mass is 9.95. The quantitative estimate of drug-likeness (QED) is 0.473. The highest BCUT2D eigenvalue weighted by atomic mass is 16.3. The summed E-state index contributed by atoms with van der Waals surface area (Å²) in [6.45, 7) is 6.24. The van der Waals surface area contributed by atoms with Gasteiger partial charge < -0.3 is 14.2 Å². The fourth-order valence-electron chi connectivity index (χ4n) is 5.30. The van der Waals surface area contributed by atoms with E-state index in [1.807, 2.05) is 48.9 Å². The van der Waals surface area contributed by atoms with Crippen LogP contribution in [0.1, 0.15) is 50.7 Å². The fourth-order valence-corrected chi connectivity index (χ4v) is 5.30. The molecule has 2 aliphatic heterocycles. The molecule has 3 aromatic rings. The van der Waals surface area contributed by atoms with E-state index in [4.69, 9.17) is 4.42 Å². The summed E-state index contributed by atoms with van der Waals surface area (Å²) in [5.41, 5.74) is 3.49. The van der Waals surface area contributed by atoms with Crippen molar-refractivity contribution in [1.29, 1.82) is 0 Å². The number of benzene rings is 1.